The van der Waals surface area contributed by atoms with Crippen LogP contribution in [0.1, 0.15) is 42.8 Å². The number of non-ortho nitro benzene ring substituents is 1. The van der Waals surface area contributed by atoms with Crippen LogP contribution in [0.4, 0.5) is 24.7 Å². The molecule has 0 aliphatic carbocycles. The Bertz CT molecular complexity index is 1360. The number of fused-ring (bicyclic) bond motifs is 1. The number of likely N-dealkylation sites (tertiary alicyclic amines) is 1. The molecular formula is C25H26F3N5O5. The van der Waals surface area contributed by atoms with Crippen molar-refractivity contribution in [3.8, 4) is 11.5 Å². The van der Waals surface area contributed by atoms with Crippen LogP contribution in [0.15, 0.2) is 30.3 Å². The lowest BCUT2D eigenvalue weighted by Crippen LogP contribution is -2.37. The van der Waals surface area contributed by atoms with E-state index in [1.165, 1.54) is 7.11 Å². The van der Waals surface area contributed by atoms with Crippen molar-refractivity contribution in [1.29, 1.82) is 0 Å². The Kier molecular flexibility index (Phi) is 7.56. The van der Waals surface area contributed by atoms with E-state index in [2.05, 4.69) is 15.3 Å². The van der Waals surface area contributed by atoms with Gasteiger partial charge in [-0.25, -0.2) is 9.97 Å². The number of halogens is 3. The lowest BCUT2D eigenvalue weighted by molar-refractivity contribution is -0.385. The molecule has 0 bridgehead atoms. The maximum atomic E-state index is 13.4. The molecule has 0 spiro atoms. The third kappa shape index (κ3) is 5.87. The number of aryl methyl sites for hydroxylation is 1. The van der Waals surface area contributed by atoms with E-state index in [9.17, 15) is 28.1 Å². The first-order chi connectivity index (χ1) is 18.0. The van der Waals surface area contributed by atoms with E-state index in [4.69, 9.17) is 9.47 Å². The summed E-state index contributed by atoms with van der Waals surface area (Å²) < 4.78 is 51.9. The van der Waals surface area contributed by atoms with Gasteiger partial charge in [0.2, 0.25) is 6.41 Å². The zero-order valence-electron chi connectivity index (χ0n) is 20.9. The summed E-state index contributed by atoms with van der Waals surface area (Å²) in [7, 11) is 1.50. The molecule has 1 unspecified atom stereocenters. The van der Waals surface area contributed by atoms with Crippen LogP contribution in [0.5, 0.6) is 11.5 Å². The van der Waals surface area contributed by atoms with Gasteiger partial charge in [-0.1, -0.05) is 0 Å². The van der Waals surface area contributed by atoms with Gasteiger partial charge in [0.1, 0.15) is 17.7 Å². The average Bonchev–Trinajstić information content (AvgIpc) is 2.88. The molecule has 1 fully saturated rings. The number of ether oxygens (including phenoxy) is 2. The van der Waals surface area contributed by atoms with E-state index in [0.29, 0.717) is 66.0 Å². The van der Waals surface area contributed by atoms with Crippen molar-refractivity contribution in [3.63, 3.8) is 0 Å². The summed E-state index contributed by atoms with van der Waals surface area (Å²) in [6, 6.07) is 5.10. The summed E-state index contributed by atoms with van der Waals surface area (Å²) in [4.78, 5) is 32.0. The van der Waals surface area contributed by atoms with E-state index >= 15 is 0 Å². The minimum absolute atomic E-state index is 0.0721. The van der Waals surface area contributed by atoms with Crippen LogP contribution >= 0.6 is 0 Å². The summed E-state index contributed by atoms with van der Waals surface area (Å²) in [5.41, 5.74) is -1.18. The molecule has 4 rings (SSSR count). The average molecular weight is 534 g/mol. The topological polar surface area (TPSA) is 120 Å². The molecule has 10 nitrogen and oxygen atoms in total. The minimum Gasteiger partial charge on any atom is -0.493 e. The number of rotatable bonds is 8. The monoisotopic (exact) mass is 533 g/mol. The fraction of sp³-hybridized carbons (Fsp3) is 0.400. The molecule has 2 heterocycles. The Morgan fingerprint density at radius 2 is 1.87 bits per heavy atom. The van der Waals surface area contributed by atoms with Crippen LogP contribution in [0.2, 0.25) is 0 Å². The maximum Gasteiger partial charge on any atom is 0.416 e. The van der Waals surface area contributed by atoms with Gasteiger partial charge in [-0.2, -0.15) is 13.2 Å². The number of nitrogens with zero attached hydrogens (tertiary/aromatic N) is 4. The third-order valence-electron chi connectivity index (χ3n) is 6.34. The maximum absolute atomic E-state index is 13.4. The van der Waals surface area contributed by atoms with Crippen LogP contribution in [-0.2, 0) is 11.0 Å². The Morgan fingerprint density at radius 3 is 2.47 bits per heavy atom. The molecule has 1 amide bonds. The van der Waals surface area contributed by atoms with E-state index in [0.717, 1.165) is 18.5 Å². The summed E-state index contributed by atoms with van der Waals surface area (Å²) in [6.07, 6.45) is -2.81. The molecule has 1 aromatic heterocycles. The first-order valence-corrected chi connectivity index (χ1v) is 11.8. The van der Waals surface area contributed by atoms with Crippen molar-refractivity contribution in [1.82, 2.24) is 14.9 Å². The number of aromatic nitrogens is 2. The molecule has 1 aliphatic rings. The lowest BCUT2D eigenvalue weighted by Gasteiger charge is -2.30. The van der Waals surface area contributed by atoms with Crippen molar-refractivity contribution in [2.24, 2.45) is 0 Å². The number of carbonyl (C=O) groups excluding carboxylic acids is 1. The van der Waals surface area contributed by atoms with E-state index in [1.807, 2.05) is 0 Å². The largest absolute Gasteiger partial charge is 0.493 e. The number of anilines is 1. The lowest BCUT2D eigenvalue weighted by atomic mass is 10.0. The number of piperidine rings is 1. The second-order valence-electron chi connectivity index (χ2n) is 9.03. The highest BCUT2D eigenvalue weighted by Crippen LogP contribution is 2.38. The number of benzene rings is 2. The van der Waals surface area contributed by atoms with Gasteiger partial charge in [0.05, 0.1) is 29.2 Å². The molecule has 1 atom stereocenters. The molecule has 202 valence electrons. The molecule has 2 aromatic carbocycles. The van der Waals surface area contributed by atoms with Gasteiger partial charge >= 0.3 is 6.18 Å². The van der Waals surface area contributed by atoms with Gasteiger partial charge in [-0.05, 0) is 31.5 Å². The highest BCUT2D eigenvalue weighted by atomic mass is 19.4. The van der Waals surface area contributed by atoms with E-state index in [1.54, 1.807) is 30.9 Å². The molecule has 1 N–H and O–H groups in total. The van der Waals surface area contributed by atoms with Crippen molar-refractivity contribution >= 4 is 28.8 Å². The van der Waals surface area contributed by atoms with Crippen molar-refractivity contribution < 1.29 is 32.4 Å². The summed E-state index contributed by atoms with van der Waals surface area (Å²) in [6.45, 7) is 4.39. The van der Waals surface area contributed by atoms with Gasteiger partial charge < -0.3 is 19.7 Å². The van der Waals surface area contributed by atoms with Gasteiger partial charge in [-0.15, -0.1) is 0 Å². The Balaban J connectivity index is 1.69. The molecule has 13 heteroatoms. The zero-order valence-corrected chi connectivity index (χ0v) is 20.9. The second kappa shape index (κ2) is 10.7. The summed E-state index contributed by atoms with van der Waals surface area (Å²) >= 11 is 0. The number of amides is 1. The molecular weight excluding hydrogens is 507 g/mol. The normalized spacial score (nSPS) is 15.3. The predicted molar refractivity (Wildman–Crippen MR) is 132 cm³/mol. The summed E-state index contributed by atoms with van der Waals surface area (Å²) in [5, 5.41) is 14.9. The van der Waals surface area contributed by atoms with Crippen molar-refractivity contribution in [3.05, 3.63) is 57.4 Å². The Morgan fingerprint density at radius 1 is 1.16 bits per heavy atom. The molecule has 0 radical (unpaired) electrons. The van der Waals surface area contributed by atoms with Crippen LogP contribution in [0, 0.1) is 17.0 Å². The van der Waals surface area contributed by atoms with Crippen LogP contribution in [-0.4, -0.2) is 52.5 Å². The number of nitro groups is 1. The Hall–Kier alpha value is -4.16. The quantitative estimate of drug-likeness (QED) is 0.243. The van der Waals surface area contributed by atoms with Gasteiger partial charge in [0.25, 0.3) is 5.69 Å². The fourth-order valence-electron chi connectivity index (χ4n) is 4.34. The minimum atomic E-state index is -4.75. The van der Waals surface area contributed by atoms with Gasteiger partial charge in [-0.3, -0.25) is 14.9 Å². The standard InChI is InChI=1S/C25H26F3N5O5/c1-14(16-8-17(25(26,27)28)10-18(9-16)33(35)36)29-24-20-11-23(38-19-4-6-32(13-34)7-5-19)22(37-3)12-21(20)30-15(2)31-24/h8-14,19H,4-7H2,1-3H3,(H,29,30,31). The highest BCUT2D eigenvalue weighted by Gasteiger charge is 2.33. The van der Waals surface area contributed by atoms with Crippen molar-refractivity contribution in [2.45, 2.75) is 45.0 Å². The third-order valence-corrected chi connectivity index (χ3v) is 6.34. The molecule has 3 aromatic rings. The zero-order chi connectivity index (χ0) is 27.6. The smallest absolute Gasteiger partial charge is 0.416 e. The Labute approximate surface area is 215 Å². The second-order valence-corrected chi connectivity index (χ2v) is 9.03. The van der Waals surface area contributed by atoms with Gasteiger partial charge in [0.15, 0.2) is 11.5 Å². The first-order valence-electron chi connectivity index (χ1n) is 11.8. The first kappa shape index (κ1) is 26.9. The number of nitro benzene ring substituents is 1. The highest BCUT2D eigenvalue weighted by molar-refractivity contribution is 5.92. The van der Waals surface area contributed by atoms with E-state index in [-0.39, 0.29) is 11.7 Å². The number of methoxy groups -OCH3 is 1. The number of alkyl halides is 3. The number of nitrogens with one attached hydrogen (secondary N) is 1. The van der Waals surface area contributed by atoms with Crippen LogP contribution in [0.25, 0.3) is 10.9 Å². The predicted octanol–water partition coefficient (Wildman–Crippen LogP) is 5.05. The van der Waals surface area contributed by atoms with Crippen LogP contribution in [0.3, 0.4) is 0 Å². The SMILES string of the molecule is COc1cc2nc(C)nc(NC(C)c3cc([N+](=O)[O-])cc(C(F)(F)F)c3)c2cc1OC1CCN(C=O)CC1. The van der Waals surface area contributed by atoms with E-state index < -0.39 is 28.4 Å². The molecule has 38 heavy (non-hydrogen) atoms. The fourth-order valence-corrected chi connectivity index (χ4v) is 4.34. The van der Waals surface area contributed by atoms with Gasteiger partial charge in [0, 0.05) is 49.5 Å². The number of carbonyl (C=O) groups is 1. The molecule has 0 saturated carbocycles. The number of hydrogen-bond acceptors (Lipinski definition) is 8. The molecule has 1 saturated heterocycles. The molecule has 1 aliphatic heterocycles. The number of hydrogen-bond donors (Lipinski definition) is 1. The summed E-state index contributed by atoms with van der Waals surface area (Å²) in [5.74, 6) is 1.60. The van der Waals surface area contributed by atoms with Crippen LogP contribution < -0.4 is 14.8 Å². The van der Waals surface area contributed by atoms with Crippen molar-refractivity contribution in [2.75, 3.05) is 25.5 Å².